The number of carbonyl (C=O) groups is 1. The maximum Gasteiger partial charge on any atom is 0.229 e. The van der Waals surface area contributed by atoms with Crippen LogP contribution in [0.3, 0.4) is 0 Å². The molecule has 198 valence electrons. The van der Waals surface area contributed by atoms with Crippen LogP contribution in [0.2, 0.25) is 0 Å². The summed E-state index contributed by atoms with van der Waals surface area (Å²) < 4.78 is 5.27. The molecule has 5 heteroatoms. The molecule has 2 aliphatic rings. The maximum atomic E-state index is 13.5. The fourth-order valence-corrected chi connectivity index (χ4v) is 5.92. The number of amides is 1. The van der Waals surface area contributed by atoms with Crippen molar-refractivity contribution in [2.45, 2.75) is 38.3 Å². The maximum absolute atomic E-state index is 13.5. The first-order valence-electron chi connectivity index (χ1n) is 13.8. The Morgan fingerprint density at radius 3 is 2.21 bits per heavy atom. The normalized spacial score (nSPS) is 17.9. The van der Waals surface area contributed by atoms with E-state index < -0.39 is 0 Å². The van der Waals surface area contributed by atoms with E-state index in [0.717, 1.165) is 74.4 Å². The van der Waals surface area contributed by atoms with Crippen LogP contribution in [0.4, 0.5) is 0 Å². The van der Waals surface area contributed by atoms with Crippen LogP contribution in [0, 0.1) is 5.41 Å². The van der Waals surface area contributed by atoms with E-state index in [1.54, 1.807) is 7.11 Å². The number of ether oxygens (including phenoxy) is 1. The predicted molar refractivity (Wildman–Crippen MR) is 154 cm³/mol. The van der Waals surface area contributed by atoms with Gasteiger partial charge in [-0.1, -0.05) is 79.4 Å². The van der Waals surface area contributed by atoms with Crippen molar-refractivity contribution < 1.29 is 9.53 Å². The molecule has 1 N–H and O–H groups in total. The molecule has 3 aromatic rings. The zero-order valence-electron chi connectivity index (χ0n) is 22.4. The molecule has 2 heterocycles. The van der Waals surface area contributed by atoms with Gasteiger partial charge in [0.1, 0.15) is 5.75 Å². The van der Waals surface area contributed by atoms with Gasteiger partial charge in [-0.25, -0.2) is 0 Å². The Kier molecular flexibility index (Phi) is 8.14. The standard InChI is InChI=1S/C33H39N3O2/c1-26(28-9-5-3-6-10-28)34-31(29-11-7-4-8-12-29)17-21-35-22-18-33(19-23-35)20-24-36(32(33)37)25-27-13-15-30(38-2)16-14-27/h3-16,31,34H,1,17-25H2,2H3. The highest BCUT2D eigenvalue weighted by Gasteiger charge is 2.47. The van der Waals surface area contributed by atoms with Crippen molar-refractivity contribution in [2.75, 3.05) is 33.3 Å². The van der Waals surface area contributed by atoms with Crippen LogP contribution in [-0.2, 0) is 11.3 Å². The second-order valence-electron chi connectivity index (χ2n) is 10.7. The summed E-state index contributed by atoms with van der Waals surface area (Å²) in [7, 11) is 1.68. The lowest BCUT2D eigenvalue weighted by Gasteiger charge is -2.38. The van der Waals surface area contributed by atoms with Gasteiger partial charge >= 0.3 is 0 Å². The molecule has 2 aliphatic heterocycles. The quantitative estimate of drug-likeness (QED) is 0.370. The Balaban J connectivity index is 1.16. The highest BCUT2D eigenvalue weighted by atomic mass is 16.5. The molecule has 0 aromatic heterocycles. The lowest BCUT2D eigenvalue weighted by Crippen LogP contribution is -2.45. The minimum atomic E-state index is -0.179. The number of hydrogen-bond acceptors (Lipinski definition) is 4. The summed E-state index contributed by atoms with van der Waals surface area (Å²) in [6.07, 6.45) is 3.86. The zero-order valence-corrected chi connectivity index (χ0v) is 22.4. The number of nitrogens with one attached hydrogen (secondary N) is 1. The summed E-state index contributed by atoms with van der Waals surface area (Å²) >= 11 is 0. The van der Waals surface area contributed by atoms with E-state index in [-0.39, 0.29) is 11.5 Å². The number of likely N-dealkylation sites (tertiary alicyclic amines) is 2. The fraction of sp³-hybridized carbons (Fsp3) is 0.364. The van der Waals surface area contributed by atoms with E-state index in [1.165, 1.54) is 5.56 Å². The van der Waals surface area contributed by atoms with Crippen LogP contribution in [0.1, 0.15) is 48.4 Å². The molecule has 0 aliphatic carbocycles. The van der Waals surface area contributed by atoms with E-state index in [9.17, 15) is 4.79 Å². The van der Waals surface area contributed by atoms with Gasteiger partial charge < -0.3 is 19.9 Å². The lowest BCUT2D eigenvalue weighted by molar-refractivity contribution is -0.138. The average Bonchev–Trinajstić information content (AvgIpc) is 3.27. The van der Waals surface area contributed by atoms with Crippen molar-refractivity contribution in [1.29, 1.82) is 0 Å². The molecule has 38 heavy (non-hydrogen) atoms. The van der Waals surface area contributed by atoms with Crippen molar-refractivity contribution in [2.24, 2.45) is 5.41 Å². The number of hydrogen-bond donors (Lipinski definition) is 1. The number of methoxy groups -OCH3 is 1. The number of nitrogens with zero attached hydrogens (tertiary/aromatic N) is 2. The third-order valence-electron chi connectivity index (χ3n) is 8.35. The number of rotatable bonds is 10. The minimum Gasteiger partial charge on any atom is -0.497 e. The summed E-state index contributed by atoms with van der Waals surface area (Å²) in [5, 5.41) is 3.69. The Morgan fingerprint density at radius 1 is 0.921 bits per heavy atom. The molecule has 0 saturated carbocycles. The van der Waals surface area contributed by atoms with Crippen LogP contribution >= 0.6 is 0 Å². The van der Waals surface area contributed by atoms with Crippen LogP contribution in [0.5, 0.6) is 5.75 Å². The van der Waals surface area contributed by atoms with Gasteiger partial charge in [-0.05, 0) is 67.6 Å². The summed E-state index contributed by atoms with van der Waals surface area (Å²) in [5.74, 6) is 1.19. The SMILES string of the molecule is C=C(NC(CCN1CCC2(CC1)CCN(Cc1ccc(OC)cc1)C2=O)c1ccccc1)c1ccccc1. The molecule has 2 fully saturated rings. The van der Waals surface area contributed by atoms with Gasteiger partial charge in [0.25, 0.3) is 0 Å². The minimum absolute atomic E-state index is 0.179. The highest BCUT2D eigenvalue weighted by Crippen LogP contribution is 2.42. The second-order valence-corrected chi connectivity index (χ2v) is 10.7. The van der Waals surface area contributed by atoms with Gasteiger partial charge in [0, 0.05) is 25.3 Å². The largest absolute Gasteiger partial charge is 0.497 e. The number of piperidine rings is 1. The van der Waals surface area contributed by atoms with E-state index in [1.807, 2.05) is 30.3 Å². The average molecular weight is 510 g/mol. The summed E-state index contributed by atoms with van der Waals surface area (Å²) in [6, 6.07) is 29.2. The van der Waals surface area contributed by atoms with Crippen LogP contribution < -0.4 is 10.1 Å². The number of carbonyl (C=O) groups excluding carboxylic acids is 1. The van der Waals surface area contributed by atoms with Gasteiger partial charge in [-0.15, -0.1) is 0 Å². The predicted octanol–water partition coefficient (Wildman–Crippen LogP) is 5.90. The molecule has 1 unspecified atom stereocenters. The first kappa shape index (κ1) is 26.1. The molecule has 1 spiro atoms. The van der Waals surface area contributed by atoms with Crippen molar-refractivity contribution in [3.05, 3.63) is 108 Å². The zero-order chi connectivity index (χ0) is 26.4. The van der Waals surface area contributed by atoms with Crippen LogP contribution in [0.15, 0.2) is 91.5 Å². The lowest BCUT2D eigenvalue weighted by atomic mass is 9.77. The van der Waals surface area contributed by atoms with Crippen molar-refractivity contribution in [3.63, 3.8) is 0 Å². The van der Waals surface area contributed by atoms with Crippen LogP contribution in [0.25, 0.3) is 5.70 Å². The Bertz CT molecular complexity index is 1200. The molecular formula is C33H39N3O2. The Morgan fingerprint density at radius 2 is 1.55 bits per heavy atom. The molecule has 1 atom stereocenters. The summed E-state index contributed by atoms with van der Waals surface area (Å²) in [4.78, 5) is 18.1. The highest BCUT2D eigenvalue weighted by molar-refractivity contribution is 5.85. The van der Waals surface area contributed by atoms with Gasteiger partial charge in [-0.2, -0.15) is 0 Å². The van der Waals surface area contributed by atoms with Crippen molar-refractivity contribution >= 4 is 11.6 Å². The van der Waals surface area contributed by atoms with E-state index in [4.69, 9.17) is 4.74 Å². The van der Waals surface area contributed by atoms with E-state index in [2.05, 4.69) is 76.3 Å². The molecular weight excluding hydrogens is 470 g/mol. The molecule has 0 radical (unpaired) electrons. The van der Waals surface area contributed by atoms with E-state index in [0.29, 0.717) is 12.5 Å². The molecule has 5 nitrogen and oxygen atoms in total. The van der Waals surface area contributed by atoms with Gasteiger partial charge in [0.15, 0.2) is 0 Å². The van der Waals surface area contributed by atoms with Crippen molar-refractivity contribution in [3.8, 4) is 5.75 Å². The van der Waals surface area contributed by atoms with Gasteiger partial charge in [0.05, 0.1) is 18.6 Å². The monoisotopic (exact) mass is 509 g/mol. The first-order valence-corrected chi connectivity index (χ1v) is 13.8. The second kappa shape index (κ2) is 11.9. The molecule has 1 amide bonds. The fourth-order valence-electron chi connectivity index (χ4n) is 5.92. The smallest absolute Gasteiger partial charge is 0.229 e. The topological polar surface area (TPSA) is 44.8 Å². The van der Waals surface area contributed by atoms with E-state index >= 15 is 0 Å². The molecule has 3 aromatic carbocycles. The Labute approximate surface area is 227 Å². The molecule has 5 rings (SSSR count). The van der Waals surface area contributed by atoms with Gasteiger partial charge in [-0.3, -0.25) is 4.79 Å². The molecule has 2 saturated heterocycles. The third kappa shape index (κ3) is 5.94. The summed E-state index contributed by atoms with van der Waals surface area (Å²) in [5.41, 5.74) is 4.32. The van der Waals surface area contributed by atoms with Crippen molar-refractivity contribution in [1.82, 2.24) is 15.1 Å². The van der Waals surface area contributed by atoms with Gasteiger partial charge in [0.2, 0.25) is 5.91 Å². The molecule has 0 bridgehead atoms. The third-order valence-corrected chi connectivity index (χ3v) is 8.35. The first-order chi connectivity index (χ1) is 18.6. The number of benzene rings is 3. The van der Waals surface area contributed by atoms with Crippen LogP contribution in [-0.4, -0.2) is 49.0 Å². The Hall–Kier alpha value is -3.57. The summed E-state index contributed by atoms with van der Waals surface area (Å²) in [6.45, 7) is 8.80.